The second-order valence-electron chi connectivity index (χ2n) is 4.15. The summed E-state index contributed by atoms with van der Waals surface area (Å²) in [6.45, 7) is 7.61. The smallest absolute Gasteiger partial charge is 0.0702 e. The van der Waals surface area contributed by atoms with Gasteiger partial charge in [-0.2, -0.15) is 0 Å². The van der Waals surface area contributed by atoms with E-state index in [9.17, 15) is 0 Å². The molecule has 84 valence electrons. The number of hydrogen-bond donors (Lipinski definition) is 1. The summed E-state index contributed by atoms with van der Waals surface area (Å²) in [6.07, 6.45) is 4.19. The first-order valence-electron chi connectivity index (χ1n) is 5.83. The van der Waals surface area contributed by atoms with Crippen LogP contribution >= 0.6 is 0 Å². The highest BCUT2D eigenvalue weighted by atomic mass is 16.5. The van der Waals surface area contributed by atoms with Crippen LogP contribution in [-0.2, 0) is 4.74 Å². The number of hydrogen-bond acceptors (Lipinski definition) is 3. The van der Waals surface area contributed by atoms with Crippen molar-refractivity contribution in [1.82, 2.24) is 10.2 Å². The van der Waals surface area contributed by atoms with E-state index >= 15 is 0 Å². The Kier molecular flexibility index (Phi) is 6.15. The quantitative estimate of drug-likeness (QED) is 0.623. The molecule has 0 aliphatic carbocycles. The van der Waals surface area contributed by atoms with Crippen LogP contribution in [0.15, 0.2) is 0 Å². The van der Waals surface area contributed by atoms with Gasteiger partial charge >= 0.3 is 0 Å². The average molecular weight is 200 g/mol. The molecule has 0 saturated carbocycles. The van der Waals surface area contributed by atoms with Crippen LogP contribution in [0.1, 0.15) is 26.2 Å². The van der Waals surface area contributed by atoms with E-state index in [1.807, 2.05) is 0 Å². The molecule has 14 heavy (non-hydrogen) atoms. The Morgan fingerprint density at radius 3 is 2.93 bits per heavy atom. The second kappa shape index (κ2) is 7.21. The molecule has 1 rings (SSSR count). The standard InChI is InChI=1S/C11H24N2O/c1-3-6-12-7-8-13(2)10-11-5-4-9-14-11/h11-12H,3-10H2,1-2H3/t11-/m0/s1. The molecule has 0 spiro atoms. The van der Waals surface area contributed by atoms with Gasteiger partial charge in [-0.3, -0.25) is 0 Å². The third-order valence-electron chi connectivity index (χ3n) is 2.64. The van der Waals surface area contributed by atoms with Crippen molar-refractivity contribution in [3.8, 4) is 0 Å². The van der Waals surface area contributed by atoms with Crippen molar-refractivity contribution in [3.05, 3.63) is 0 Å². The number of likely N-dealkylation sites (N-methyl/N-ethyl adjacent to an activating group) is 1. The maximum Gasteiger partial charge on any atom is 0.0702 e. The molecule has 0 unspecified atom stereocenters. The molecule has 0 bridgehead atoms. The lowest BCUT2D eigenvalue weighted by Gasteiger charge is -2.20. The zero-order chi connectivity index (χ0) is 10.2. The summed E-state index contributed by atoms with van der Waals surface area (Å²) in [5.41, 5.74) is 0. The highest BCUT2D eigenvalue weighted by Crippen LogP contribution is 2.12. The topological polar surface area (TPSA) is 24.5 Å². The van der Waals surface area contributed by atoms with Crippen molar-refractivity contribution in [3.63, 3.8) is 0 Å². The minimum absolute atomic E-state index is 0.492. The zero-order valence-electron chi connectivity index (χ0n) is 9.59. The lowest BCUT2D eigenvalue weighted by atomic mass is 10.2. The van der Waals surface area contributed by atoms with Crippen LogP contribution in [0, 0.1) is 0 Å². The fraction of sp³-hybridized carbons (Fsp3) is 1.00. The Hall–Kier alpha value is -0.120. The summed E-state index contributed by atoms with van der Waals surface area (Å²) in [6, 6.07) is 0. The minimum Gasteiger partial charge on any atom is -0.377 e. The zero-order valence-corrected chi connectivity index (χ0v) is 9.59. The molecular formula is C11H24N2O. The Labute approximate surface area is 87.8 Å². The summed E-state index contributed by atoms with van der Waals surface area (Å²) in [5.74, 6) is 0. The van der Waals surface area contributed by atoms with Gasteiger partial charge in [0.05, 0.1) is 6.10 Å². The van der Waals surface area contributed by atoms with Crippen molar-refractivity contribution in [2.45, 2.75) is 32.3 Å². The molecule has 1 aliphatic heterocycles. The van der Waals surface area contributed by atoms with E-state index < -0.39 is 0 Å². The highest BCUT2D eigenvalue weighted by Gasteiger charge is 2.16. The van der Waals surface area contributed by atoms with Crippen LogP contribution in [0.25, 0.3) is 0 Å². The first kappa shape index (κ1) is 12.0. The van der Waals surface area contributed by atoms with E-state index in [1.54, 1.807) is 0 Å². The third kappa shape index (κ3) is 4.94. The summed E-state index contributed by atoms with van der Waals surface area (Å²) in [7, 11) is 2.18. The van der Waals surface area contributed by atoms with Gasteiger partial charge in [0.1, 0.15) is 0 Å². The van der Waals surface area contributed by atoms with Gasteiger partial charge in [0.15, 0.2) is 0 Å². The van der Waals surface area contributed by atoms with Crippen LogP contribution in [-0.4, -0.2) is 50.8 Å². The van der Waals surface area contributed by atoms with E-state index in [2.05, 4.69) is 24.2 Å². The summed E-state index contributed by atoms with van der Waals surface area (Å²) in [4.78, 5) is 2.36. The molecular weight excluding hydrogens is 176 g/mol. The van der Waals surface area contributed by atoms with Gasteiger partial charge in [-0.15, -0.1) is 0 Å². The molecule has 1 saturated heterocycles. The van der Waals surface area contributed by atoms with Crippen molar-refractivity contribution in [2.24, 2.45) is 0 Å². The molecule has 1 atom stereocenters. The Morgan fingerprint density at radius 2 is 2.29 bits per heavy atom. The molecule has 1 heterocycles. The predicted octanol–water partition coefficient (Wildman–Crippen LogP) is 1.10. The number of rotatable bonds is 7. The monoisotopic (exact) mass is 200 g/mol. The molecule has 0 aromatic carbocycles. The van der Waals surface area contributed by atoms with Crippen molar-refractivity contribution < 1.29 is 4.74 Å². The lowest BCUT2D eigenvalue weighted by Crippen LogP contribution is -2.34. The van der Waals surface area contributed by atoms with E-state index in [0.717, 1.165) is 32.8 Å². The normalized spacial score (nSPS) is 22.1. The first-order chi connectivity index (χ1) is 6.83. The largest absolute Gasteiger partial charge is 0.377 e. The van der Waals surface area contributed by atoms with Gasteiger partial charge in [0.2, 0.25) is 0 Å². The molecule has 1 fully saturated rings. The van der Waals surface area contributed by atoms with Gasteiger partial charge in [-0.25, -0.2) is 0 Å². The summed E-state index contributed by atoms with van der Waals surface area (Å²) in [5, 5.41) is 3.41. The van der Waals surface area contributed by atoms with E-state index in [-0.39, 0.29) is 0 Å². The molecule has 1 aliphatic rings. The summed E-state index contributed by atoms with van der Waals surface area (Å²) < 4.78 is 5.59. The Balaban J connectivity index is 1.95. The molecule has 1 N–H and O–H groups in total. The van der Waals surface area contributed by atoms with Crippen molar-refractivity contribution in [2.75, 3.05) is 39.8 Å². The van der Waals surface area contributed by atoms with Gasteiger partial charge in [-0.1, -0.05) is 6.92 Å². The maximum absolute atomic E-state index is 5.59. The number of ether oxygens (including phenoxy) is 1. The van der Waals surface area contributed by atoms with Crippen LogP contribution in [0.2, 0.25) is 0 Å². The van der Waals surface area contributed by atoms with Crippen molar-refractivity contribution >= 4 is 0 Å². The van der Waals surface area contributed by atoms with Gasteiger partial charge in [-0.05, 0) is 32.9 Å². The van der Waals surface area contributed by atoms with E-state index in [4.69, 9.17) is 4.74 Å². The van der Waals surface area contributed by atoms with E-state index in [0.29, 0.717) is 6.10 Å². The van der Waals surface area contributed by atoms with Crippen LogP contribution in [0.4, 0.5) is 0 Å². The fourth-order valence-corrected chi connectivity index (χ4v) is 1.80. The third-order valence-corrected chi connectivity index (χ3v) is 2.64. The average Bonchev–Trinajstić information content (AvgIpc) is 2.65. The van der Waals surface area contributed by atoms with Crippen molar-refractivity contribution in [1.29, 1.82) is 0 Å². The lowest BCUT2D eigenvalue weighted by molar-refractivity contribution is 0.0815. The van der Waals surface area contributed by atoms with Crippen LogP contribution in [0.3, 0.4) is 0 Å². The van der Waals surface area contributed by atoms with Gasteiger partial charge in [0, 0.05) is 26.2 Å². The summed E-state index contributed by atoms with van der Waals surface area (Å²) >= 11 is 0. The maximum atomic E-state index is 5.59. The highest BCUT2D eigenvalue weighted by molar-refractivity contribution is 4.68. The van der Waals surface area contributed by atoms with Gasteiger partial charge in [0.25, 0.3) is 0 Å². The molecule has 0 aromatic heterocycles. The van der Waals surface area contributed by atoms with Gasteiger partial charge < -0.3 is 15.0 Å². The van der Waals surface area contributed by atoms with Crippen LogP contribution < -0.4 is 5.32 Å². The molecule has 0 radical (unpaired) electrons. The Morgan fingerprint density at radius 1 is 1.43 bits per heavy atom. The second-order valence-corrected chi connectivity index (χ2v) is 4.15. The SMILES string of the molecule is CCCNCCN(C)C[C@@H]1CCCO1. The number of nitrogens with one attached hydrogen (secondary N) is 1. The van der Waals surface area contributed by atoms with Crippen LogP contribution in [0.5, 0.6) is 0 Å². The first-order valence-corrected chi connectivity index (χ1v) is 5.83. The predicted molar refractivity (Wildman–Crippen MR) is 59.6 cm³/mol. The number of nitrogens with zero attached hydrogens (tertiary/aromatic N) is 1. The van der Waals surface area contributed by atoms with E-state index in [1.165, 1.54) is 19.3 Å². The minimum atomic E-state index is 0.492. The fourth-order valence-electron chi connectivity index (χ4n) is 1.80. The molecule has 0 aromatic rings. The molecule has 0 amide bonds. The molecule has 3 nitrogen and oxygen atoms in total. The Bertz CT molecular complexity index is 135. The molecule has 3 heteroatoms.